The van der Waals surface area contributed by atoms with E-state index in [0.717, 1.165) is 26.2 Å². The summed E-state index contributed by atoms with van der Waals surface area (Å²) in [4.78, 5) is 2.39. The first-order chi connectivity index (χ1) is 7.46. The standard InChI is InChI=1S/C12H26N2O2/c1-12(2,3)13-6-7-14-8-10(15-4)11(9-14)16-5/h10-11,13H,6-9H2,1-5H3. The maximum Gasteiger partial charge on any atom is 0.0971 e. The molecule has 1 N–H and O–H groups in total. The minimum absolute atomic E-state index is 0.195. The van der Waals surface area contributed by atoms with Crippen LogP contribution in [0.15, 0.2) is 0 Å². The summed E-state index contributed by atoms with van der Waals surface area (Å²) in [7, 11) is 3.52. The third-order valence-electron chi connectivity index (χ3n) is 2.98. The summed E-state index contributed by atoms with van der Waals surface area (Å²) >= 11 is 0. The molecule has 0 spiro atoms. The Morgan fingerprint density at radius 2 is 1.62 bits per heavy atom. The second-order valence-electron chi connectivity index (χ2n) is 5.48. The topological polar surface area (TPSA) is 33.7 Å². The molecule has 0 aliphatic carbocycles. The molecule has 0 aromatic heterocycles. The van der Waals surface area contributed by atoms with Crippen LogP contribution in [-0.4, -0.2) is 63.0 Å². The molecule has 1 fully saturated rings. The first-order valence-electron chi connectivity index (χ1n) is 5.99. The van der Waals surface area contributed by atoms with Crippen LogP contribution < -0.4 is 5.32 Å². The van der Waals surface area contributed by atoms with Crippen LogP contribution in [0.25, 0.3) is 0 Å². The molecule has 0 saturated carbocycles. The van der Waals surface area contributed by atoms with Crippen molar-refractivity contribution in [3.8, 4) is 0 Å². The zero-order valence-electron chi connectivity index (χ0n) is 11.2. The van der Waals surface area contributed by atoms with E-state index in [4.69, 9.17) is 9.47 Å². The molecule has 16 heavy (non-hydrogen) atoms. The molecule has 0 aromatic carbocycles. The van der Waals surface area contributed by atoms with Crippen molar-refractivity contribution in [3.05, 3.63) is 0 Å². The Morgan fingerprint density at radius 1 is 1.12 bits per heavy atom. The molecule has 0 amide bonds. The van der Waals surface area contributed by atoms with Crippen LogP contribution in [-0.2, 0) is 9.47 Å². The van der Waals surface area contributed by atoms with Crippen molar-refractivity contribution in [2.24, 2.45) is 0 Å². The highest BCUT2D eigenvalue weighted by atomic mass is 16.5. The summed E-state index contributed by atoms with van der Waals surface area (Å²) in [6, 6.07) is 0. The van der Waals surface area contributed by atoms with Crippen molar-refractivity contribution in [1.29, 1.82) is 0 Å². The van der Waals surface area contributed by atoms with Gasteiger partial charge in [-0.15, -0.1) is 0 Å². The lowest BCUT2D eigenvalue weighted by Gasteiger charge is -2.23. The molecule has 4 heteroatoms. The normalized spacial score (nSPS) is 27.6. The molecule has 1 aliphatic rings. The van der Waals surface area contributed by atoms with Gasteiger partial charge in [-0.2, -0.15) is 0 Å². The van der Waals surface area contributed by atoms with Gasteiger partial charge in [-0.3, -0.25) is 4.90 Å². The van der Waals surface area contributed by atoms with Gasteiger partial charge in [-0.1, -0.05) is 0 Å². The van der Waals surface area contributed by atoms with Gasteiger partial charge in [0.25, 0.3) is 0 Å². The fraction of sp³-hybridized carbons (Fsp3) is 1.00. The number of hydrogen-bond acceptors (Lipinski definition) is 4. The van der Waals surface area contributed by atoms with Crippen molar-refractivity contribution in [1.82, 2.24) is 10.2 Å². The van der Waals surface area contributed by atoms with Crippen LogP contribution in [0.2, 0.25) is 0 Å². The van der Waals surface area contributed by atoms with Crippen LogP contribution in [0.3, 0.4) is 0 Å². The van der Waals surface area contributed by atoms with E-state index in [2.05, 4.69) is 31.0 Å². The Morgan fingerprint density at radius 3 is 2.00 bits per heavy atom. The van der Waals surface area contributed by atoms with Crippen molar-refractivity contribution in [2.45, 2.75) is 38.5 Å². The zero-order chi connectivity index (χ0) is 12.2. The van der Waals surface area contributed by atoms with Crippen molar-refractivity contribution in [3.63, 3.8) is 0 Å². The van der Waals surface area contributed by atoms with Crippen LogP contribution in [0, 0.1) is 0 Å². The minimum atomic E-state index is 0.195. The van der Waals surface area contributed by atoms with Crippen LogP contribution >= 0.6 is 0 Å². The summed E-state index contributed by atoms with van der Waals surface area (Å²) < 4.78 is 10.8. The molecule has 96 valence electrons. The molecule has 1 aliphatic heterocycles. The van der Waals surface area contributed by atoms with Gasteiger partial charge in [0.1, 0.15) is 0 Å². The number of ether oxygens (including phenoxy) is 2. The second-order valence-corrected chi connectivity index (χ2v) is 5.48. The van der Waals surface area contributed by atoms with Gasteiger partial charge in [0.2, 0.25) is 0 Å². The fourth-order valence-electron chi connectivity index (χ4n) is 2.04. The van der Waals surface area contributed by atoms with Crippen LogP contribution in [0.5, 0.6) is 0 Å². The molecular formula is C12H26N2O2. The lowest BCUT2D eigenvalue weighted by molar-refractivity contribution is -0.00461. The summed E-state index contributed by atoms with van der Waals surface area (Å²) in [5.74, 6) is 0. The van der Waals surface area contributed by atoms with Gasteiger partial charge in [0.15, 0.2) is 0 Å². The van der Waals surface area contributed by atoms with Crippen molar-refractivity contribution >= 4 is 0 Å². The molecule has 2 unspecified atom stereocenters. The van der Waals surface area contributed by atoms with Crippen LogP contribution in [0.1, 0.15) is 20.8 Å². The molecule has 0 radical (unpaired) electrons. The van der Waals surface area contributed by atoms with Crippen LogP contribution in [0.4, 0.5) is 0 Å². The molecule has 0 aromatic rings. The average Bonchev–Trinajstić information content (AvgIpc) is 2.58. The second kappa shape index (κ2) is 5.96. The van der Waals surface area contributed by atoms with Crippen molar-refractivity contribution in [2.75, 3.05) is 40.4 Å². The Balaban J connectivity index is 2.25. The zero-order valence-corrected chi connectivity index (χ0v) is 11.2. The van der Waals surface area contributed by atoms with E-state index in [0.29, 0.717) is 0 Å². The smallest absolute Gasteiger partial charge is 0.0971 e. The Labute approximate surface area is 99.3 Å². The Bertz CT molecular complexity index is 192. The van der Waals surface area contributed by atoms with Crippen molar-refractivity contribution < 1.29 is 9.47 Å². The van der Waals surface area contributed by atoms with E-state index < -0.39 is 0 Å². The molecule has 1 heterocycles. The minimum Gasteiger partial charge on any atom is -0.377 e. The highest BCUT2D eigenvalue weighted by Gasteiger charge is 2.32. The molecule has 1 saturated heterocycles. The van der Waals surface area contributed by atoms with Gasteiger partial charge in [-0.25, -0.2) is 0 Å². The summed E-state index contributed by atoms with van der Waals surface area (Å²) in [6.45, 7) is 10.6. The average molecular weight is 230 g/mol. The molecule has 2 atom stereocenters. The van der Waals surface area contributed by atoms with Gasteiger partial charge < -0.3 is 14.8 Å². The van der Waals surface area contributed by atoms with E-state index in [1.165, 1.54) is 0 Å². The monoisotopic (exact) mass is 230 g/mol. The quantitative estimate of drug-likeness (QED) is 0.754. The van der Waals surface area contributed by atoms with Gasteiger partial charge >= 0.3 is 0 Å². The van der Waals surface area contributed by atoms with Gasteiger partial charge in [0, 0.05) is 45.9 Å². The number of nitrogens with zero attached hydrogens (tertiary/aromatic N) is 1. The molecular weight excluding hydrogens is 204 g/mol. The Kier molecular flexibility index (Phi) is 5.18. The van der Waals surface area contributed by atoms with E-state index in [1.807, 2.05) is 0 Å². The highest BCUT2D eigenvalue weighted by Crippen LogP contribution is 2.14. The largest absolute Gasteiger partial charge is 0.377 e. The molecule has 4 nitrogen and oxygen atoms in total. The maximum atomic E-state index is 5.41. The van der Waals surface area contributed by atoms with E-state index in [9.17, 15) is 0 Å². The third-order valence-corrected chi connectivity index (χ3v) is 2.98. The molecule has 1 rings (SSSR count). The van der Waals surface area contributed by atoms with E-state index >= 15 is 0 Å². The predicted octanol–water partition coefficient (Wildman–Crippen LogP) is 0.720. The first kappa shape index (κ1) is 13.9. The van der Waals surface area contributed by atoms with E-state index in [-0.39, 0.29) is 17.7 Å². The number of methoxy groups -OCH3 is 2. The lowest BCUT2D eigenvalue weighted by Crippen LogP contribution is -2.41. The number of likely N-dealkylation sites (tertiary alicyclic amines) is 1. The van der Waals surface area contributed by atoms with Gasteiger partial charge in [-0.05, 0) is 20.8 Å². The fourth-order valence-corrected chi connectivity index (χ4v) is 2.04. The predicted molar refractivity (Wildman–Crippen MR) is 65.8 cm³/mol. The third kappa shape index (κ3) is 4.37. The Hall–Kier alpha value is -0.160. The highest BCUT2D eigenvalue weighted by molar-refractivity contribution is 4.86. The number of rotatable bonds is 5. The van der Waals surface area contributed by atoms with Gasteiger partial charge in [0.05, 0.1) is 12.2 Å². The number of hydrogen-bond donors (Lipinski definition) is 1. The SMILES string of the molecule is COC1CN(CCNC(C)(C)C)CC1OC. The van der Waals surface area contributed by atoms with E-state index in [1.54, 1.807) is 14.2 Å². The number of nitrogens with one attached hydrogen (secondary N) is 1. The maximum absolute atomic E-state index is 5.41. The molecule has 0 bridgehead atoms. The summed E-state index contributed by atoms with van der Waals surface area (Å²) in [5, 5.41) is 3.49. The summed E-state index contributed by atoms with van der Waals surface area (Å²) in [5.41, 5.74) is 0.195. The lowest BCUT2D eigenvalue weighted by atomic mass is 10.1. The first-order valence-corrected chi connectivity index (χ1v) is 5.99. The summed E-state index contributed by atoms with van der Waals surface area (Å²) in [6.07, 6.45) is 0.444.